The van der Waals surface area contributed by atoms with Gasteiger partial charge < -0.3 is 18.6 Å². The highest BCUT2D eigenvalue weighted by Crippen LogP contribution is 2.31. The number of halogens is 1. The predicted octanol–water partition coefficient (Wildman–Crippen LogP) is 4.36. The Morgan fingerprint density at radius 1 is 1.19 bits per heavy atom. The number of aryl methyl sites for hydroxylation is 1. The fraction of sp³-hybridized carbons (Fsp3) is 0.267. The molecule has 6 rings (SSSR count). The molecule has 5 heterocycles. The molecule has 0 spiro atoms. The average Bonchev–Trinajstić information content (AvgIpc) is 3.64. The van der Waals surface area contributed by atoms with Crippen molar-refractivity contribution in [3.8, 4) is 11.3 Å². The Kier molecular flexibility index (Phi) is 7.44. The summed E-state index contributed by atoms with van der Waals surface area (Å²) in [7, 11) is 0. The van der Waals surface area contributed by atoms with Gasteiger partial charge >= 0.3 is 5.97 Å². The lowest BCUT2D eigenvalue weighted by Gasteiger charge is -2.18. The van der Waals surface area contributed by atoms with E-state index in [0.29, 0.717) is 22.8 Å². The molecule has 42 heavy (non-hydrogen) atoms. The molecule has 214 valence electrons. The molecule has 1 atom stereocenters. The number of hydrogen-bond acceptors (Lipinski definition) is 8. The summed E-state index contributed by atoms with van der Waals surface area (Å²) < 4.78 is 19.6. The highest BCUT2D eigenvalue weighted by molar-refractivity contribution is 6.33. The first kappa shape index (κ1) is 27.6. The molecule has 0 radical (unpaired) electrons. The first-order valence-electron chi connectivity index (χ1n) is 13.5. The molecule has 1 aliphatic heterocycles. The van der Waals surface area contributed by atoms with E-state index in [1.165, 1.54) is 10.5 Å². The number of carbonyl (C=O) groups is 2. The SMILES string of the molecule is CCOC(=O)c1cc2c(=O)n3ccccc3nc2n(C[C@H]2CCCO2)c1=NC(=O)c1c(-c2ccccc2Cl)noc1C. The normalized spacial score (nSPS) is 15.5. The molecular formula is C30H26ClN5O6. The molecule has 0 aliphatic carbocycles. The number of pyridine rings is 2. The Hall–Kier alpha value is -4.61. The minimum absolute atomic E-state index is 0.0145. The zero-order chi connectivity index (χ0) is 29.4. The van der Waals surface area contributed by atoms with Crippen molar-refractivity contribution in [3.63, 3.8) is 0 Å². The van der Waals surface area contributed by atoms with Crippen LogP contribution in [0.5, 0.6) is 0 Å². The number of hydrogen-bond donors (Lipinski definition) is 0. The molecule has 1 amide bonds. The molecule has 4 aromatic heterocycles. The van der Waals surface area contributed by atoms with E-state index >= 15 is 0 Å². The summed E-state index contributed by atoms with van der Waals surface area (Å²) in [4.78, 5) is 50.1. The second kappa shape index (κ2) is 11.3. The van der Waals surface area contributed by atoms with E-state index < -0.39 is 11.9 Å². The quantitative estimate of drug-likeness (QED) is 0.211. The third kappa shape index (κ3) is 4.90. The van der Waals surface area contributed by atoms with Gasteiger partial charge in [-0.15, -0.1) is 0 Å². The highest BCUT2D eigenvalue weighted by Gasteiger charge is 2.26. The van der Waals surface area contributed by atoms with Crippen LogP contribution in [-0.4, -0.2) is 50.3 Å². The second-order valence-electron chi connectivity index (χ2n) is 9.79. The molecule has 5 aromatic rings. The van der Waals surface area contributed by atoms with Crippen molar-refractivity contribution in [2.75, 3.05) is 13.2 Å². The van der Waals surface area contributed by atoms with Gasteiger partial charge in [0.05, 0.1) is 29.7 Å². The Labute approximate surface area is 244 Å². The number of fused-ring (bicyclic) bond motifs is 2. The van der Waals surface area contributed by atoms with Gasteiger partial charge in [0.25, 0.3) is 11.5 Å². The molecular weight excluding hydrogens is 562 g/mol. The van der Waals surface area contributed by atoms with Gasteiger partial charge in [-0.1, -0.05) is 41.0 Å². The smallest absolute Gasteiger partial charge is 0.341 e. The van der Waals surface area contributed by atoms with Crippen LogP contribution in [0.2, 0.25) is 5.02 Å². The van der Waals surface area contributed by atoms with E-state index in [4.69, 9.17) is 30.6 Å². The summed E-state index contributed by atoms with van der Waals surface area (Å²) in [6.45, 7) is 4.11. The molecule has 1 fully saturated rings. The van der Waals surface area contributed by atoms with E-state index in [-0.39, 0.29) is 63.9 Å². The van der Waals surface area contributed by atoms with E-state index in [1.807, 2.05) is 0 Å². The van der Waals surface area contributed by atoms with Crippen LogP contribution in [0, 0.1) is 6.92 Å². The first-order chi connectivity index (χ1) is 20.4. The van der Waals surface area contributed by atoms with Crippen LogP contribution >= 0.6 is 11.6 Å². The minimum atomic E-state index is -0.738. The van der Waals surface area contributed by atoms with Gasteiger partial charge in [-0.05, 0) is 51.0 Å². The molecule has 0 saturated carbocycles. The van der Waals surface area contributed by atoms with E-state index in [1.54, 1.807) is 67.1 Å². The standard InChI is InChI=1S/C30H26ClN5O6/c1-3-40-30(39)21-15-20-26(32-23-12-6-7-13-35(23)29(20)38)36(16-18-9-8-14-41-18)27(21)33-28(37)24-17(2)42-34-25(24)19-10-4-5-11-22(19)31/h4-7,10-13,15,18H,3,8-9,14,16H2,1-2H3/t18-/m1/s1. The van der Waals surface area contributed by atoms with Gasteiger partial charge in [0.15, 0.2) is 5.49 Å². The van der Waals surface area contributed by atoms with Gasteiger partial charge in [-0.25, -0.2) is 9.78 Å². The third-order valence-electron chi connectivity index (χ3n) is 7.11. The third-order valence-corrected chi connectivity index (χ3v) is 7.44. The minimum Gasteiger partial charge on any atom is -0.462 e. The Morgan fingerprint density at radius 2 is 2.00 bits per heavy atom. The number of amides is 1. The topological polar surface area (TPSA) is 130 Å². The van der Waals surface area contributed by atoms with Gasteiger partial charge in [0.2, 0.25) is 0 Å². The molecule has 12 heteroatoms. The largest absolute Gasteiger partial charge is 0.462 e. The van der Waals surface area contributed by atoms with E-state index in [0.717, 1.165) is 12.8 Å². The number of nitrogens with zero attached hydrogens (tertiary/aromatic N) is 5. The monoisotopic (exact) mass is 587 g/mol. The lowest BCUT2D eigenvalue weighted by molar-refractivity contribution is 0.0521. The zero-order valence-electron chi connectivity index (χ0n) is 22.9. The van der Waals surface area contributed by atoms with Crippen molar-refractivity contribution in [2.24, 2.45) is 4.99 Å². The van der Waals surface area contributed by atoms with Gasteiger partial charge in [-0.3, -0.25) is 14.0 Å². The maximum absolute atomic E-state index is 13.9. The molecule has 1 aliphatic rings. The van der Waals surface area contributed by atoms with Crippen molar-refractivity contribution in [2.45, 2.75) is 39.3 Å². The first-order valence-corrected chi connectivity index (χ1v) is 13.9. The van der Waals surface area contributed by atoms with Gasteiger partial charge in [0.1, 0.15) is 33.9 Å². The summed E-state index contributed by atoms with van der Waals surface area (Å²) in [6.07, 6.45) is 2.96. The Balaban J connectivity index is 1.66. The van der Waals surface area contributed by atoms with Crippen LogP contribution in [0.4, 0.5) is 0 Å². The lowest BCUT2D eigenvalue weighted by atomic mass is 10.1. The lowest BCUT2D eigenvalue weighted by Crippen LogP contribution is -2.35. The fourth-order valence-corrected chi connectivity index (χ4v) is 5.36. The fourth-order valence-electron chi connectivity index (χ4n) is 5.14. The van der Waals surface area contributed by atoms with Crippen LogP contribution in [0.1, 0.15) is 46.2 Å². The summed E-state index contributed by atoms with van der Waals surface area (Å²) in [5, 5.41) is 4.63. The highest BCUT2D eigenvalue weighted by atomic mass is 35.5. The van der Waals surface area contributed by atoms with Crippen LogP contribution in [0.25, 0.3) is 27.9 Å². The number of esters is 1. The molecule has 0 bridgehead atoms. The van der Waals surface area contributed by atoms with Gasteiger partial charge in [-0.2, -0.15) is 4.99 Å². The van der Waals surface area contributed by atoms with Crippen molar-refractivity contribution < 1.29 is 23.6 Å². The van der Waals surface area contributed by atoms with Crippen molar-refractivity contribution in [1.29, 1.82) is 0 Å². The number of aromatic nitrogens is 4. The summed E-state index contributed by atoms with van der Waals surface area (Å²) in [5.41, 5.74) is 1.01. The molecule has 11 nitrogen and oxygen atoms in total. The van der Waals surface area contributed by atoms with Crippen LogP contribution in [0.3, 0.4) is 0 Å². The van der Waals surface area contributed by atoms with Crippen LogP contribution in [-0.2, 0) is 16.0 Å². The summed E-state index contributed by atoms with van der Waals surface area (Å²) in [6, 6.07) is 13.5. The van der Waals surface area contributed by atoms with Crippen molar-refractivity contribution in [1.82, 2.24) is 19.1 Å². The second-order valence-corrected chi connectivity index (χ2v) is 10.2. The summed E-state index contributed by atoms with van der Waals surface area (Å²) >= 11 is 6.41. The number of rotatable bonds is 6. The maximum atomic E-state index is 13.9. The molecule has 1 saturated heterocycles. The number of benzene rings is 1. The maximum Gasteiger partial charge on any atom is 0.341 e. The zero-order valence-corrected chi connectivity index (χ0v) is 23.6. The average molecular weight is 588 g/mol. The molecule has 1 aromatic carbocycles. The Morgan fingerprint density at radius 3 is 2.76 bits per heavy atom. The predicted molar refractivity (Wildman–Crippen MR) is 153 cm³/mol. The number of ether oxygens (including phenoxy) is 2. The van der Waals surface area contributed by atoms with Crippen molar-refractivity contribution >= 4 is 40.2 Å². The summed E-state index contributed by atoms with van der Waals surface area (Å²) in [5.74, 6) is -1.23. The molecule has 0 unspecified atom stereocenters. The van der Waals surface area contributed by atoms with E-state index in [2.05, 4.69) is 10.1 Å². The van der Waals surface area contributed by atoms with Crippen molar-refractivity contribution in [3.05, 3.63) is 92.5 Å². The van der Waals surface area contributed by atoms with Gasteiger partial charge in [0, 0.05) is 18.4 Å². The Bertz CT molecular complexity index is 1990. The van der Waals surface area contributed by atoms with Crippen LogP contribution < -0.4 is 11.0 Å². The molecule has 0 N–H and O–H groups in total. The number of carbonyl (C=O) groups excluding carboxylic acids is 2. The van der Waals surface area contributed by atoms with Crippen LogP contribution in [0.15, 0.2) is 69.0 Å². The van der Waals surface area contributed by atoms with E-state index in [9.17, 15) is 14.4 Å².